The standard InChI is InChI=1S/C73H139N11O16SSi2/c1-42(2)37-52-64(88)76-57(46(9)10)70(94)80(25)53(38-43(3)4)63(87)74-49(14)62(86)75-50(15)66(90)81(26)54(39-44(5)6)67(91)82(27)55(40-45(7)8)68(92)83(28)59(47(11)12)71(95)84(29)60(61(100-103(33,34)73(20,21)22)48(13)35-36-98-101(30,96)97)65(89)77-58(51(16)99-102(31,32)72(17,18)19)69(93)78(23)41-56(85)79(52)24/h42-55,57-61H,35-41H2,1-34H3,(H,74,87)(H,75,86)(H,76,88)(H,77,89)/t48-,49-,50+,51?,52+,53-,54-,55-,57-,58-,59-,60-,61-/m1/s1. The maximum atomic E-state index is 16.3. The summed E-state index contributed by atoms with van der Waals surface area (Å²) in [4.78, 5) is 175. The lowest BCUT2D eigenvalue weighted by Crippen LogP contribution is -2.66. The normalized spacial score (nSPS) is 25.4. The Labute approximate surface area is 621 Å². The largest absolute Gasteiger partial charge is 0.412 e. The van der Waals surface area contributed by atoms with Gasteiger partial charge in [-0.1, -0.05) is 132 Å². The molecule has 1 saturated heterocycles. The molecule has 1 heterocycles. The van der Waals surface area contributed by atoms with Crippen molar-refractivity contribution < 1.29 is 74.2 Å². The molecule has 0 aromatic carbocycles. The van der Waals surface area contributed by atoms with Crippen molar-refractivity contribution in [2.75, 3.05) is 68.7 Å². The first-order valence-electron chi connectivity index (χ1n) is 36.9. The fraction of sp³-hybridized carbons (Fsp3) is 0.849. The summed E-state index contributed by atoms with van der Waals surface area (Å²) in [5.41, 5.74) is 0. The highest BCUT2D eigenvalue weighted by atomic mass is 32.2. The third-order valence-corrected chi connectivity index (χ3v) is 30.3. The van der Waals surface area contributed by atoms with E-state index in [-0.39, 0.29) is 62.4 Å². The molecular weight excluding hydrogens is 1380 g/mol. The summed E-state index contributed by atoms with van der Waals surface area (Å²) in [5, 5.41) is 10.3. The van der Waals surface area contributed by atoms with E-state index in [4.69, 9.17) is 13.0 Å². The molecule has 1 aliphatic rings. The van der Waals surface area contributed by atoms with E-state index < -0.39 is 199 Å². The molecule has 4 N–H and O–H groups in total. The van der Waals surface area contributed by atoms with Crippen molar-refractivity contribution in [2.24, 2.45) is 41.4 Å². The van der Waals surface area contributed by atoms with E-state index in [1.165, 1.54) is 92.6 Å². The first kappa shape index (κ1) is 95.4. The van der Waals surface area contributed by atoms with Crippen molar-refractivity contribution in [3.05, 3.63) is 0 Å². The molecule has 1 rings (SSSR count). The minimum Gasteiger partial charge on any atom is -0.412 e. The number of hydrogen-bond donors (Lipinski definition) is 4. The maximum absolute atomic E-state index is 16.3. The van der Waals surface area contributed by atoms with Crippen LogP contribution in [0, 0.1) is 41.4 Å². The van der Waals surface area contributed by atoms with Crippen LogP contribution >= 0.6 is 0 Å². The van der Waals surface area contributed by atoms with Gasteiger partial charge in [0.25, 0.3) is 10.1 Å². The lowest BCUT2D eigenvalue weighted by molar-refractivity contribution is -0.157. The highest BCUT2D eigenvalue weighted by molar-refractivity contribution is 7.86. The van der Waals surface area contributed by atoms with Crippen LogP contribution in [0.5, 0.6) is 0 Å². The van der Waals surface area contributed by atoms with E-state index in [1.54, 1.807) is 41.5 Å². The van der Waals surface area contributed by atoms with Crippen LogP contribution < -0.4 is 21.3 Å². The van der Waals surface area contributed by atoms with Gasteiger partial charge in [0.2, 0.25) is 65.0 Å². The van der Waals surface area contributed by atoms with Crippen LogP contribution in [0.4, 0.5) is 0 Å². The summed E-state index contributed by atoms with van der Waals surface area (Å²) in [6, 6.07) is -13.2. The van der Waals surface area contributed by atoms with Gasteiger partial charge in [-0.25, -0.2) is 0 Å². The minimum atomic E-state index is -3.98. The van der Waals surface area contributed by atoms with Crippen molar-refractivity contribution >= 4 is 91.7 Å². The molecule has 13 atom stereocenters. The second kappa shape index (κ2) is 39.3. The number of rotatable bonds is 21. The zero-order valence-corrected chi connectivity index (χ0v) is 72.3. The number of amides is 11. The van der Waals surface area contributed by atoms with Crippen LogP contribution in [0.25, 0.3) is 0 Å². The van der Waals surface area contributed by atoms with Crippen molar-refractivity contribution in [3.63, 3.8) is 0 Å². The molecule has 0 aliphatic carbocycles. The minimum absolute atomic E-state index is 0.0169. The third-order valence-electron chi connectivity index (χ3n) is 20.7. The zero-order chi connectivity index (χ0) is 80.8. The number of hydrogen-bond acceptors (Lipinski definition) is 16. The van der Waals surface area contributed by atoms with Crippen molar-refractivity contribution in [1.82, 2.24) is 55.6 Å². The number of nitrogens with zero attached hydrogens (tertiary/aromatic N) is 7. The van der Waals surface area contributed by atoms with Gasteiger partial charge in [0.1, 0.15) is 60.4 Å². The first-order chi connectivity index (χ1) is 46.6. The lowest BCUT2D eigenvalue weighted by atomic mass is 9.91. The molecule has 103 heavy (non-hydrogen) atoms. The van der Waals surface area contributed by atoms with Gasteiger partial charge in [-0.3, -0.25) is 56.9 Å². The Hall–Kier alpha value is -5.57. The maximum Gasteiger partial charge on any atom is 0.264 e. The summed E-state index contributed by atoms with van der Waals surface area (Å²) >= 11 is 0. The van der Waals surface area contributed by atoms with E-state index in [9.17, 15) is 37.2 Å². The number of carbonyl (C=O) groups excluding carboxylic acids is 11. The molecule has 11 amide bonds. The molecule has 30 heteroatoms. The predicted molar refractivity (Wildman–Crippen MR) is 408 cm³/mol. The average molecular weight is 1520 g/mol. The Kier molecular flexibility index (Phi) is 36.4. The summed E-state index contributed by atoms with van der Waals surface area (Å²) in [7, 11) is 0.0775. The molecule has 0 radical (unpaired) electrons. The van der Waals surface area contributed by atoms with Gasteiger partial charge in [0.15, 0.2) is 16.6 Å². The molecule has 1 aliphatic heterocycles. The second-order valence-electron chi connectivity index (χ2n) is 34.6. The first-order valence-corrected chi connectivity index (χ1v) is 44.5. The molecule has 0 saturated carbocycles. The van der Waals surface area contributed by atoms with Crippen LogP contribution in [-0.4, -0.2) is 266 Å². The topological polar surface area (TPSA) is 320 Å². The monoisotopic (exact) mass is 1510 g/mol. The third kappa shape index (κ3) is 27.3. The Balaban J connectivity index is 4.90. The Morgan fingerprint density at radius 2 is 0.816 bits per heavy atom. The van der Waals surface area contributed by atoms with E-state index >= 15 is 24.0 Å². The molecule has 1 unspecified atom stereocenters. The zero-order valence-electron chi connectivity index (χ0n) is 69.5. The predicted octanol–water partition coefficient (Wildman–Crippen LogP) is 6.70. The van der Waals surface area contributed by atoms with Gasteiger partial charge in [-0.2, -0.15) is 8.42 Å². The molecule has 0 aromatic heterocycles. The van der Waals surface area contributed by atoms with E-state index in [0.29, 0.717) is 0 Å². The van der Waals surface area contributed by atoms with Gasteiger partial charge in [-0.05, 0) is 131 Å². The van der Waals surface area contributed by atoms with Gasteiger partial charge >= 0.3 is 0 Å². The summed E-state index contributed by atoms with van der Waals surface area (Å²) in [6.07, 6.45) is -1.04. The lowest BCUT2D eigenvalue weighted by Gasteiger charge is -2.46. The molecule has 0 aromatic rings. The van der Waals surface area contributed by atoms with Crippen molar-refractivity contribution in [3.8, 4) is 0 Å². The van der Waals surface area contributed by atoms with Crippen LogP contribution in [0.1, 0.15) is 184 Å². The van der Waals surface area contributed by atoms with Crippen LogP contribution in [-0.2, 0) is 75.9 Å². The number of nitrogens with one attached hydrogen (secondary N) is 4. The highest BCUT2D eigenvalue weighted by Crippen LogP contribution is 2.41. The fourth-order valence-corrected chi connectivity index (χ4v) is 15.3. The second-order valence-corrected chi connectivity index (χ2v) is 45.7. The molecule has 1 fully saturated rings. The number of likely N-dealkylation sites (N-methyl/N-ethyl adjacent to an activating group) is 7. The quantitative estimate of drug-likeness (QED) is 0.0686. The van der Waals surface area contributed by atoms with Gasteiger partial charge < -0.3 is 64.4 Å². The fourth-order valence-electron chi connectivity index (χ4n) is 12.1. The van der Waals surface area contributed by atoms with Crippen molar-refractivity contribution in [2.45, 2.75) is 293 Å². The summed E-state index contributed by atoms with van der Waals surface area (Å²) < 4.78 is 44.5. The SMILES string of the molecule is CC(C)C[C@@H]1C(=O)N(C)[C@H](CC(C)C)C(=O)N(C)[C@H](C(C)C)C(=O)N(C)[C@H]([C@H](O[Si](C)(C)C(C)(C)C)[C@H](C)CCOS(C)(=O)=O)C(=O)N[C@H](C(C)O[Si](C)(C)C(C)(C)C)C(=O)N(C)CC(=O)N(C)[C@@H](CC(C)C)C(=O)N[C@H](C(C)C)C(=O)N(C)[C@H](CC(C)C)C(=O)N[C@H](C)C(=O)N[C@@H](C)C(=O)N1C. The summed E-state index contributed by atoms with van der Waals surface area (Å²) in [5.74, 6) is -10.6. The molecule has 0 spiro atoms. The van der Waals surface area contributed by atoms with Crippen LogP contribution in [0.3, 0.4) is 0 Å². The van der Waals surface area contributed by atoms with Crippen LogP contribution in [0.15, 0.2) is 0 Å². The van der Waals surface area contributed by atoms with Crippen molar-refractivity contribution in [1.29, 1.82) is 0 Å². The average Bonchev–Trinajstić information content (AvgIpc) is 0.783. The Bertz CT molecular complexity index is 3030. The van der Waals surface area contributed by atoms with Gasteiger partial charge in [-0.15, -0.1) is 0 Å². The van der Waals surface area contributed by atoms with E-state index in [0.717, 1.165) is 11.2 Å². The molecule has 0 bridgehead atoms. The van der Waals surface area contributed by atoms with E-state index in [1.807, 2.05) is 123 Å². The highest BCUT2D eigenvalue weighted by Gasteiger charge is 2.51. The molecule has 27 nitrogen and oxygen atoms in total. The number of carbonyl (C=O) groups is 11. The van der Waals surface area contributed by atoms with E-state index in [2.05, 4.69) is 21.3 Å². The smallest absolute Gasteiger partial charge is 0.264 e. The molecular formula is C73H139N11O16SSi2. The van der Waals surface area contributed by atoms with Gasteiger partial charge in [0.05, 0.1) is 31.6 Å². The Morgan fingerprint density at radius 1 is 0.437 bits per heavy atom. The Morgan fingerprint density at radius 3 is 1.24 bits per heavy atom. The summed E-state index contributed by atoms with van der Waals surface area (Å²) in [6.45, 7) is 46.9. The molecule has 596 valence electrons. The van der Waals surface area contributed by atoms with Crippen LogP contribution in [0.2, 0.25) is 36.3 Å². The van der Waals surface area contributed by atoms with Gasteiger partial charge in [0, 0.05) is 49.3 Å².